The molecule has 1 aromatic carbocycles. The SMILES string of the molecule is O=C(Nc1ccc2c(c1)OCO2)C(F)(F)Br. The Morgan fingerprint density at radius 1 is 1.38 bits per heavy atom. The van der Waals surface area contributed by atoms with Crippen molar-refractivity contribution in [2.75, 3.05) is 12.1 Å². The van der Waals surface area contributed by atoms with Gasteiger partial charge in [-0.05, 0) is 12.1 Å². The fraction of sp³-hybridized carbons (Fsp3) is 0.222. The van der Waals surface area contributed by atoms with Crippen LogP contribution in [0, 0.1) is 0 Å². The van der Waals surface area contributed by atoms with Crippen molar-refractivity contribution in [2.45, 2.75) is 4.83 Å². The summed E-state index contributed by atoms with van der Waals surface area (Å²) in [4.78, 5) is 7.36. The second kappa shape index (κ2) is 3.89. The number of nitrogens with one attached hydrogen (secondary N) is 1. The first-order valence-corrected chi connectivity index (χ1v) is 5.04. The zero-order chi connectivity index (χ0) is 11.8. The maximum Gasteiger partial charge on any atom is 0.378 e. The molecule has 0 fully saturated rings. The van der Waals surface area contributed by atoms with Crippen molar-refractivity contribution in [3.8, 4) is 11.5 Å². The second-order valence-electron chi connectivity index (χ2n) is 3.02. The zero-order valence-electron chi connectivity index (χ0n) is 7.80. The van der Waals surface area contributed by atoms with Crippen molar-refractivity contribution in [3.63, 3.8) is 0 Å². The Morgan fingerprint density at radius 3 is 2.75 bits per heavy atom. The lowest BCUT2D eigenvalue weighted by Crippen LogP contribution is -2.28. The van der Waals surface area contributed by atoms with Gasteiger partial charge in [-0.1, -0.05) is 0 Å². The summed E-state index contributed by atoms with van der Waals surface area (Å²) >= 11 is 1.96. The number of rotatable bonds is 2. The monoisotopic (exact) mass is 293 g/mol. The highest BCUT2D eigenvalue weighted by Crippen LogP contribution is 2.34. The molecule has 1 aromatic rings. The minimum absolute atomic E-state index is 0.0847. The van der Waals surface area contributed by atoms with E-state index in [1.807, 2.05) is 21.2 Å². The first kappa shape index (κ1) is 11.1. The highest BCUT2D eigenvalue weighted by molar-refractivity contribution is 9.10. The lowest BCUT2D eigenvalue weighted by molar-refractivity contribution is -0.128. The van der Waals surface area contributed by atoms with Crippen LogP contribution in [0.1, 0.15) is 0 Å². The Morgan fingerprint density at radius 2 is 2.06 bits per heavy atom. The third kappa shape index (κ3) is 2.24. The Balaban J connectivity index is 2.14. The fourth-order valence-electron chi connectivity index (χ4n) is 1.18. The van der Waals surface area contributed by atoms with Crippen molar-refractivity contribution in [3.05, 3.63) is 18.2 Å². The molecule has 0 spiro atoms. The van der Waals surface area contributed by atoms with Gasteiger partial charge in [0.25, 0.3) is 0 Å². The molecule has 7 heteroatoms. The predicted molar refractivity (Wildman–Crippen MR) is 55.1 cm³/mol. The molecule has 1 N–H and O–H groups in total. The van der Waals surface area contributed by atoms with Gasteiger partial charge in [-0.15, -0.1) is 0 Å². The van der Waals surface area contributed by atoms with Crippen molar-refractivity contribution in [1.82, 2.24) is 0 Å². The van der Waals surface area contributed by atoms with E-state index in [1.54, 1.807) is 0 Å². The molecule has 0 radical (unpaired) electrons. The third-order valence-electron chi connectivity index (χ3n) is 1.89. The number of carbonyl (C=O) groups is 1. The Kier molecular flexibility index (Phi) is 2.71. The molecule has 1 amide bonds. The number of amides is 1. The van der Waals surface area contributed by atoms with Crippen molar-refractivity contribution in [1.29, 1.82) is 0 Å². The van der Waals surface area contributed by atoms with Crippen LogP contribution in [0.15, 0.2) is 18.2 Å². The van der Waals surface area contributed by atoms with Gasteiger partial charge in [0.2, 0.25) is 6.79 Å². The van der Waals surface area contributed by atoms with E-state index in [1.165, 1.54) is 18.2 Å². The van der Waals surface area contributed by atoms with Crippen LogP contribution in [-0.4, -0.2) is 17.5 Å². The molecule has 0 atom stereocenters. The van der Waals surface area contributed by atoms with Crippen LogP contribution in [0.4, 0.5) is 14.5 Å². The van der Waals surface area contributed by atoms with Crippen LogP contribution < -0.4 is 14.8 Å². The first-order valence-electron chi connectivity index (χ1n) is 4.24. The van der Waals surface area contributed by atoms with Crippen LogP contribution in [0.3, 0.4) is 0 Å². The molecule has 2 rings (SSSR count). The first-order chi connectivity index (χ1) is 7.47. The molecule has 0 bridgehead atoms. The average molecular weight is 294 g/mol. The largest absolute Gasteiger partial charge is 0.454 e. The summed E-state index contributed by atoms with van der Waals surface area (Å²) in [5.74, 6) is -0.509. The number of halogens is 3. The van der Waals surface area contributed by atoms with E-state index in [0.717, 1.165) is 0 Å². The van der Waals surface area contributed by atoms with Gasteiger partial charge in [0.1, 0.15) is 0 Å². The summed E-state index contributed by atoms with van der Waals surface area (Å²) < 4.78 is 35.1. The Labute approximate surface area is 97.7 Å². The van der Waals surface area contributed by atoms with Gasteiger partial charge in [0.05, 0.1) is 0 Å². The number of hydrogen-bond donors (Lipinski definition) is 1. The third-order valence-corrected chi connectivity index (χ3v) is 2.25. The maximum atomic E-state index is 12.5. The van der Waals surface area contributed by atoms with Gasteiger partial charge in [-0.2, -0.15) is 8.78 Å². The molecule has 1 aliphatic rings. The van der Waals surface area contributed by atoms with E-state index in [-0.39, 0.29) is 12.5 Å². The molecule has 86 valence electrons. The molecule has 1 heterocycles. The van der Waals surface area contributed by atoms with Gasteiger partial charge in [-0.25, -0.2) is 0 Å². The minimum Gasteiger partial charge on any atom is -0.454 e. The fourth-order valence-corrected chi connectivity index (χ4v) is 1.28. The molecule has 0 unspecified atom stereocenters. The summed E-state index contributed by atoms with van der Waals surface area (Å²) in [5, 5.41) is 2.04. The molecular formula is C9H6BrF2NO3. The molecule has 0 aliphatic carbocycles. The molecule has 0 aromatic heterocycles. The van der Waals surface area contributed by atoms with Crippen LogP contribution in [-0.2, 0) is 4.79 Å². The maximum absolute atomic E-state index is 12.5. The number of hydrogen-bond acceptors (Lipinski definition) is 3. The highest BCUT2D eigenvalue weighted by atomic mass is 79.9. The van der Waals surface area contributed by atoms with E-state index in [4.69, 9.17) is 9.47 Å². The minimum atomic E-state index is -3.59. The van der Waals surface area contributed by atoms with Gasteiger partial charge >= 0.3 is 10.7 Å². The van der Waals surface area contributed by atoms with Gasteiger partial charge in [0.15, 0.2) is 11.5 Å². The van der Waals surface area contributed by atoms with Crippen molar-refractivity contribution < 1.29 is 23.0 Å². The predicted octanol–water partition coefficient (Wildman–Crippen LogP) is 2.34. The normalized spacial score (nSPS) is 13.7. The summed E-state index contributed by atoms with van der Waals surface area (Å²) in [6, 6.07) is 4.40. The summed E-state index contributed by atoms with van der Waals surface area (Å²) in [6.07, 6.45) is 0. The number of anilines is 1. The number of carbonyl (C=O) groups excluding carboxylic acids is 1. The molecule has 0 saturated carbocycles. The molecule has 0 saturated heterocycles. The summed E-state index contributed by atoms with van der Waals surface area (Å²) in [5.41, 5.74) is 0.216. The number of fused-ring (bicyclic) bond motifs is 1. The van der Waals surface area contributed by atoms with E-state index < -0.39 is 10.7 Å². The quantitative estimate of drug-likeness (QED) is 0.852. The zero-order valence-corrected chi connectivity index (χ0v) is 9.38. The van der Waals surface area contributed by atoms with E-state index >= 15 is 0 Å². The second-order valence-corrected chi connectivity index (χ2v) is 4.02. The molecule has 4 nitrogen and oxygen atoms in total. The van der Waals surface area contributed by atoms with Crippen LogP contribution in [0.5, 0.6) is 11.5 Å². The summed E-state index contributed by atoms with van der Waals surface area (Å²) in [6.45, 7) is 0.0847. The smallest absolute Gasteiger partial charge is 0.378 e. The number of ether oxygens (including phenoxy) is 2. The van der Waals surface area contributed by atoms with Crippen molar-refractivity contribution >= 4 is 27.5 Å². The lowest BCUT2D eigenvalue weighted by Gasteiger charge is -2.09. The average Bonchev–Trinajstić information content (AvgIpc) is 2.63. The number of alkyl halides is 3. The molecule has 16 heavy (non-hydrogen) atoms. The van der Waals surface area contributed by atoms with Gasteiger partial charge in [-0.3, -0.25) is 4.79 Å². The van der Waals surface area contributed by atoms with Gasteiger partial charge < -0.3 is 14.8 Å². The van der Waals surface area contributed by atoms with Crippen LogP contribution in [0.25, 0.3) is 0 Å². The van der Waals surface area contributed by atoms with Gasteiger partial charge in [0, 0.05) is 27.7 Å². The van der Waals surface area contributed by atoms with E-state index in [2.05, 4.69) is 0 Å². The Bertz CT molecular complexity index is 433. The van der Waals surface area contributed by atoms with Crippen LogP contribution >= 0.6 is 15.9 Å². The Hall–Kier alpha value is -1.37. The van der Waals surface area contributed by atoms with E-state index in [9.17, 15) is 13.6 Å². The molecular weight excluding hydrogens is 288 g/mol. The highest BCUT2D eigenvalue weighted by Gasteiger charge is 2.35. The summed E-state index contributed by atoms with van der Waals surface area (Å²) in [7, 11) is 0. The van der Waals surface area contributed by atoms with Crippen molar-refractivity contribution in [2.24, 2.45) is 0 Å². The lowest BCUT2D eigenvalue weighted by atomic mass is 10.3. The van der Waals surface area contributed by atoms with Crippen LogP contribution in [0.2, 0.25) is 0 Å². The van der Waals surface area contributed by atoms with E-state index in [0.29, 0.717) is 11.5 Å². The number of benzene rings is 1. The topological polar surface area (TPSA) is 47.6 Å². The molecule has 1 aliphatic heterocycles. The standard InChI is InChI=1S/C9H6BrF2NO3/c10-9(11,12)8(14)13-5-1-2-6-7(3-5)16-4-15-6/h1-3H,4H2,(H,13,14).